The molecule has 68 heavy (non-hydrogen) atoms. The lowest BCUT2D eigenvalue weighted by Crippen LogP contribution is -2.16. The second-order valence-electron chi connectivity index (χ2n) is 19.7. The lowest BCUT2D eigenvalue weighted by Gasteiger charge is -2.28. The molecule has 0 N–H and O–H groups in total. The third-order valence-electron chi connectivity index (χ3n) is 15.2. The molecule has 2 aliphatic carbocycles. The molecule has 4 heteroatoms. The fourth-order valence-electron chi connectivity index (χ4n) is 11.9. The van der Waals surface area contributed by atoms with Crippen LogP contribution < -0.4 is 9.80 Å². The minimum absolute atomic E-state index is 0.126. The molecule has 12 aromatic rings. The van der Waals surface area contributed by atoms with E-state index in [0.717, 1.165) is 88.8 Å². The van der Waals surface area contributed by atoms with Crippen molar-refractivity contribution in [1.82, 2.24) is 0 Å². The van der Waals surface area contributed by atoms with Crippen molar-refractivity contribution in [2.45, 2.75) is 38.5 Å². The van der Waals surface area contributed by atoms with Crippen molar-refractivity contribution in [3.63, 3.8) is 0 Å². The number of hydrogen-bond acceptors (Lipinski definition) is 4. The fourth-order valence-corrected chi connectivity index (χ4v) is 11.9. The molecule has 0 bridgehead atoms. The molecular weight excluding hydrogens is 829 g/mol. The fraction of sp³-hybridized carbons (Fsp3) is 0.0938. The van der Waals surface area contributed by atoms with Crippen LogP contribution in [0.5, 0.6) is 0 Å². The highest BCUT2D eigenvalue weighted by Gasteiger charge is 2.37. The van der Waals surface area contributed by atoms with Gasteiger partial charge in [-0.25, -0.2) is 0 Å². The number of anilines is 6. The lowest BCUT2D eigenvalue weighted by atomic mass is 9.82. The summed E-state index contributed by atoms with van der Waals surface area (Å²) >= 11 is 0. The van der Waals surface area contributed by atoms with Crippen LogP contribution in [0, 0.1) is 0 Å². The van der Waals surface area contributed by atoms with Gasteiger partial charge in [-0.2, -0.15) is 0 Å². The van der Waals surface area contributed by atoms with Gasteiger partial charge in [-0.1, -0.05) is 149 Å². The van der Waals surface area contributed by atoms with E-state index in [0.29, 0.717) is 0 Å². The summed E-state index contributed by atoms with van der Waals surface area (Å²) in [4.78, 5) is 4.70. The molecule has 2 heterocycles. The van der Waals surface area contributed by atoms with Crippen LogP contribution >= 0.6 is 0 Å². The van der Waals surface area contributed by atoms with Gasteiger partial charge < -0.3 is 18.6 Å². The zero-order valence-corrected chi connectivity index (χ0v) is 38.3. The number of para-hydroxylation sites is 2. The normalized spacial score (nSPS) is 14.1. The zero-order chi connectivity index (χ0) is 45.5. The van der Waals surface area contributed by atoms with E-state index in [9.17, 15) is 0 Å². The maximum absolute atomic E-state index is 7.09. The van der Waals surface area contributed by atoms with Gasteiger partial charge in [-0.3, -0.25) is 0 Å². The van der Waals surface area contributed by atoms with Gasteiger partial charge in [0.25, 0.3) is 0 Å². The summed E-state index contributed by atoms with van der Waals surface area (Å²) in [5, 5.41) is 6.51. The molecule has 324 valence electrons. The number of rotatable bonds is 6. The monoisotopic (exact) mass is 874 g/mol. The van der Waals surface area contributed by atoms with Crippen molar-refractivity contribution in [2.75, 3.05) is 9.80 Å². The number of nitrogens with zero attached hydrogens (tertiary/aromatic N) is 2. The van der Waals surface area contributed by atoms with E-state index in [1.165, 1.54) is 44.5 Å². The van der Waals surface area contributed by atoms with E-state index in [1.54, 1.807) is 0 Å². The Balaban J connectivity index is 0.934. The average Bonchev–Trinajstić information content (AvgIpc) is 4.08. The maximum Gasteiger partial charge on any atom is 0.179 e. The van der Waals surface area contributed by atoms with Gasteiger partial charge in [0, 0.05) is 78.6 Å². The smallest absolute Gasteiger partial charge is 0.179 e. The first kappa shape index (κ1) is 38.9. The molecule has 14 rings (SSSR count). The van der Waals surface area contributed by atoms with Gasteiger partial charge in [-0.15, -0.1) is 0 Å². The Morgan fingerprint density at radius 1 is 0.294 bits per heavy atom. The van der Waals surface area contributed by atoms with Crippen LogP contribution in [-0.2, 0) is 10.8 Å². The van der Waals surface area contributed by atoms with Crippen LogP contribution in [0.2, 0.25) is 0 Å². The van der Waals surface area contributed by atoms with E-state index in [4.69, 9.17) is 8.83 Å². The van der Waals surface area contributed by atoms with Crippen molar-refractivity contribution in [3.8, 4) is 22.3 Å². The van der Waals surface area contributed by atoms with Crippen LogP contribution in [0.25, 0.3) is 76.9 Å². The highest BCUT2D eigenvalue weighted by molar-refractivity contribution is 6.33. The standard InChI is InChI=1S/C64H46N2O2/c1-63(2)53-25-15-13-21-45(53)47-31-27-41(35-55(47)63)65(39-17-7-5-8-18-39)43-29-33-51-57(37-43)67-61-59(51)49-23-11-12-24-50(49)60-52-34-30-44(38-58(52)68-62(60)61)66(40-19-9-6-10-20-40)42-28-32-48-46-22-14-16-26-54(46)64(3,4)56(48)36-42/h5-38H,1-4H3. The summed E-state index contributed by atoms with van der Waals surface area (Å²) in [5.74, 6) is 0. The Hall–Kier alpha value is -8.34. The van der Waals surface area contributed by atoms with Crippen LogP contribution in [0.1, 0.15) is 49.9 Å². The third kappa shape index (κ3) is 5.43. The molecule has 2 aromatic heterocycles. The van der Waals surface area contributed by atoms with Gasteiger partial charge >= 0.3 is 0 Å². The average molecular weight is 875 g/mol. The molecule has 0 saturated heterocycles. The first-order valence-corrected chi connectivity index (χ1v) is 23.7. The quantitative estimate of drug-likeness (QED) is 0.167. The van der Waals surface area contributed by atoms with Crippen molar-refractivity contribution in [1.29, 1.82) is 0 Å². The maximum atomic E-state index is 7.09. The molecule has 0 atom stereocenters. The van der Waals surface area contributed by atoms with E-state index < -0.39 is 0 Å². The molecule has 0 unspecified atom stereocenters. The Morgan fingerprint density at radius 3 is 1.09 bits per heavy atom. The van der Waals surface area contributed by atoms with Crippen LogP contribution in [-0.4, -0.2) is 0 Å². The number of fused-ring (bicyclic) bond motifs is 16. The Bertz CT molecular complexity index is 3780. The second-order valence-corrected chi connectivity index (χ2v) is 19.7. The van der Waals surface area contributed by atoms with E-state index in [1.807, 2.05) is 0 Å². The minimum atomic E-state index is -0.126. The Labute approximate surface area is 394 Å². The third-order valence-corrected chi connectivity index (χ3v) is 15.2. The summed E-state index contributed by atoms with van der Waals surface area (Å²) in [7, 11) is 0. The van der Waals surface area contributed by atoms with E-state index in [2.05, 4.69) is 244 Å². The predicted octanol–water partition coefficient (Wildman–Crippen LogP) is 18.2. The Morgan fingerprint density at radius 2 is 0.647 bits per heavy atom. The summed E-state index contributed by atoms with van der Waals surface area (Å²) in [6.45, 7) is 9.36. The summed E-state index contributed by atoms with van der Waals surface area (Å²) in [6.07, 6.45) is 0. The summed E-state index contributed by atoms with van der Waals surface area (Å²) < 4.78 is 14.2. The van der Waals surface area contributed by atoms with Crippen LogP contribution in [0.3, 0.4) is 0 Å². The number of hydrogen-bond donors (Lipinski definition) is 0. The van der Waals surface area contributed by atoms with E-state index >= 15 is 0 Å². The highest BCUT2D eigenvalue weighted by Crippen LogP contribution is 2.53. The lowest BCUT2D eigenvalue weighted by molar-refractivity contribution is 0.633. The number of benzene rings is 10. The molecule has 0 spiro atoms. The van der Waals surface area contributed by atoms with Gasteiger partial charge in [0.05, 0.1) is 0 Å². The molecule has 2 aliphatic rings. The van der Waals surface area contributed by atoms with Crippen molar-refractivity contribution in [3.05, 3.63) is 229 Å². The topological polar surface area (TPSA) is 32.8 Å². The minimum Gasteiger partial charge on any atom is -0.452 e. The van der Waals surface area contributed by atoms with Gasteiger partial charge in [-0.05, 0) is 128 Å². The van der Waals surface area contributed by atoms with Crippen molar-refractivity contribution >= 4 is 88.8 Å². The summed E-state index contributed by atoms with van der Waals surface area (Å²) in [5.41, 5.74) is 19.9. The highest BCUT2D eigenvalue weighted by atomic mass is 16.4. The molecule has 0 aliphatic heterocycles. The molecule has 0 fully saturated rings. The van der Waals surface area contributed by atoms with Crippen LogP contribution in [0.15, 0.2) is 215 Å². The molecule has 10 aromatic carbocycles. The number of furan rings is 2. The van der Waals surface area contributed by atoms with Crippen molar-refractivity contribution in [2.24, 2.45) is 0 Å². The first-order valence-electron chi connectivity index (χ1n) is 23.7. The SMILES string of the molecule is CC1(C)c2ccccc2-c2ccc(N(c3ccccc3)c3ccc4c(c3)oc3c5oc6cc(N(c7ccccc7)c7ccc8c(c7)C(C)(C)c7ccccc7-8)ccc6c5c5ccccc5c43)cc21. The van der Waals surface area contributed by atoms with Gasteiger partial charge in [0.2, 0.25) is 0 Å². The predicted molar refractivity (Wildman–Crippen MR) is 283 cm³/mol. The van der Waals surface area contributed by atoms with Crippen LogP contribution in [0.4, 0.5) is 34.1 Å². The molecule has 0 saturated carbocycles. The molecule has 0 amide bonds. The second kappa shape index (κ2) is 14.1. The van der Waals surface area contributed by atoms with Gasteiger partial charge in [0.15, 0.2) is 11.2 Å². The van der Waals surface area contributed by atoms with E-state index in [-0.39, 0.29) is 10.8 Å². The molecule has 0 radical (unpaired) electrons. The van der Waals surface area contributed by atoms with Gasteiger partial charge in [0.1, 0.15) is 11.2 Å². The van der Waals surface area contributed by atoms with Crippen molar-refractivity contribution < 1.29 is 8.83 Å². The summed E-state index contributed by atoms with van der Waals surface area (Å²) in [6, 6.07) is 74.8. The Kier molecular flexibility index (Phi) is 8.06. The first-order chi connectivity index (χ1) is 33.2. The molecular formula is C64H46N2O2. The zero-order valence-electron chi connectivity index (χ0n) is 38.3. The largest absolute Gasteiger partial charge is 0.452 e. The molecule has 4 nitrogen and oxygen atoms in total.